The summed E-state index contributed by atoms with van der Waals surface area (Å²) in [5, 5.41) is 2.88. The zero-order chi connectivity index (χ0) is 18.7. The molecule has 0 spiro atoms. The van der Waals surface area contributed by atoms with Gasteiger partial charge in [-0.2, -0.15) is 0 Å². The first-order valence-electron chi connectivity index (χ1n) is 8.40. The number of ether oxygens (including phenoxy) is 1. The van der Waals surface area contributed by atoms with Crippen LogP contribution in [0.25, 0.3) is 0 Å². The van der Waals surface area contributed by atoms with Crippen LogP contribution in [0.5, 0.6) is 5.75 Å². The van der Waals surface area contributed by atoms with E-state index < -0.39 is 0 Å². The Morgan fingerprint density at radius 2 is 1.62 bits per heavy atom. The SMILES string of the molecule is COc1ccc(C(C)NC(=O)CCN2C(=O)c3ccccc3C2=O)cc1. The molecule has 2 aromatic rings. The minimum Gasteiger partial charge on any atom is -0.497 e. The highest BCUT2D eigenvalue weighted by Crippen LogP contribution is 2.22. The Morgan fingerprint density at radius 3 is 2.15 bits per heavy atom. The number of amides is 3. The molecule has 1 atom stereocenters. The van der Waals surface area contributed by atoms with Crippen LogP contribution in [-0.2, 0) is 4.79 Å². The number of rotatable bonds is 6. The Kier molecular flexibility index (Phi) is 5.02. The largest absolute Gasteiger partial charge is 0.497 e. The van der Waals surface area contributed by atoms with Gasteiger partial charge in [0.1, 0.15) is 5.75 Å². The summed E-state index contributed by atoms with van der Waals surface area (Å²) < 4.78 is 5.12. The van der Waals surface area contributed by atoms with Crippen LogP contribution in [0.15, 0.2) is 48.5 Å². The van der Waals surface area contributed by atoms with Crippen LogP contribution in [0.4, 0.5) is 0 Å². The highest BCUT2D eigenvalue weighted by molar-refractivity contribution is 6.21. The molecule has 26 heavy (non-hydrogen) atoms. The zero-order valence-electron chi connectivity index (χ0n) is 14.7. The van der Waals surface area contributed by atoms with Crippen molar-refractivity contribution in [3.8, 4) is 5.75 Å². The van der Waals surface area contributed by atoms with Crippen LogP contribution in [0.1, 0.15) is 45.7 Å². The lowest BCUT2D eigenvalue weighted by molar-refractivity contribution is -0.121. The monoisotopic (exact) mass is 352 g/mol. The van der Waals surface area contributed by atoms with Gasteiger partial charge in [0, 0.05) is 13.0 Å². The molecule has 2 aromatic carbocycles. The first-order chi connectivity index (χ1) is 12.5. The molecule has 134 valence electrons. The van der Waals surface area contributed by atoms with Crippen LogP contribution in [0.2, 0.25) is 0 Å². The molecule has 1 unspecified atom stereocenters. The van der Waals surface area contributed by atoms with Gasteiger partial charge in [-0.15, -0.1) is 0 Å². The van der Waals surface area contributed by atoms with Gasteiger partial charge in [-0.05, 0) is 36.8 Å². The summed E-state index contributed by atoms with van der Waals surface area (Å²) in [4.78, 5) is 37.9. The lowest BCUT2D eigenvalue weighted by Gasteiger charge is -2.17. The maximum atomic E-state index is 12.3. The zero-order valence-corrected chi connectivity index (χ0v) is 14.7. The standard InChI is InChI=1S/C20H20N2O4/c1-13(14-7-9-15(26-2)10-8-14)21-18(23)11-12-22-19(24)16-5-3-4-6-17(16)20(22)25/h3-10,13H,11-12H2,1-2H3,(H,21,23). The summed E-state index contributed by atoms with van der Waals surface area (Å²) in [6.07, 6.45) is 0.0615. The average Bonchev–Trinajstić information content (AvgIpc) is 2.91. The number of carbonyl (C=O) groups excluding carboxylic acids is 3. The molecule has 0 aromatic heterocycles. The quantitative estimate of drug-likeness (QED) is 0.811. The van der Waals surface area contributed by atoms with E-state index >= 15 is 0 Å². The number of carbonyl (C=O) groups is 3. The molecule has 0 saturated heterocycles. The van der Waals surface area contributed by atoms with Gasteiger partial charge in [0.25, 0.3) is 11.8 Å². The topological polar surface area (TPSA) is 75.7 Å². The van der Waals surface area contributed by atoms with Gasteiger partial charge in [-0.1, -0.05) is 24.3 Å². The van der Waals surface area contributed by atoms with Crippen molar-refractivity contribution in [1.82, 2.24) is 10.2 Å². The molecule has 0 fully saturated rings. The molecule has 0 saturated carbocycles. The highest BCUT2D eigenvalue weighted by Gasteiger charge is 2.34. The molecular weight excluding hydrogens is 332 g/mol. The number of methoxy groups -OCH3 is 1. The van der Waals surface area contributed by atoms with Gasteiger partial charge >= 0.3 is 0 Å². The maximum Gasteiger partial charge on any atom is 0.261 e. The average molecular weight is 352 g/mol. The van der Waals surface area contributed by atoms with Gasteiger partial charge in [0.15, 0.2) is 0 Å². The first-order valence-corrected chi connectivity index (χ1v) is 8.40. The molecule has 3 rings (SSSR count). The second-order valence-corrected chi connectivity index (χ2v) is 6.12. The van der Waals surface area contributed by atoms with E-state index in [1.165, 1.54) is 0 Å². The molecule has 6 heteroatoms. The van der Waals surface area contributed by atoms with Crippen molar-refractivity contribution in [2.45, 2.75) is 19.4 Å². The van der Waals surface area contributed by atoms with Crippen LogP contribution < -0.4 is 10.1 Å². The normalized spacial score (nSPS) is 14.2. The Bertz CT molecular complexity index is 810. The summed E-state index contributed by atoms with van der Waals surface area (Å²) in [6.45, 7) is 1.94. The van der Waals surface area contributed by atoms with Gasteiger partial charge in [0.2, 0.25) is 5.91 Å². The fraction of sp³-hybridized carbons (Fsp3) is 0.250. The second-order valence-electron chi connectivity index (χ2n) is 6.12. The van der Waals surface area contributed by atoms with Crippen molar-refractivity contribution in [2.75, 3.05) is 13.7 Å². The van der Waals surface area contributed by atoms with Crippen LogP contribution in [0, 0.1) is 0 Å². The maximum absolute atomic E-state index is 12.3. The van der Waals surface area contributed by atoms with Crippen LogP contribution >= 0.6 is 0 Å². The molecular formula is C20H20N2O4. The second kappa shape index (κ2) is 7.39. The van der Waals surface area contributed by atoms with Crippen LogP contribution in [0.3, 0.4) is 0 Å². The minimum atomic E-state index is -0.346. The van der Waals surface area contributed by atoms with Crippen molar-refractivity contribution in [1.29, 1.82) is 0 Å². The number of nitrogens with zero attached hydrogens (tertiary/aromatic N) is 1. The van der Waals surface area contributed by atoms with E-state index in [4.69, 9.17) is 4.74 Å². The summed E-state index contributed by atoms with van der Waals surface area (Å²) in [7, 11) is 1.60. The van der Waals surface area contributed by atoms with E-state index in [1.54, 1.807) is 31.4 Å². The number of hydrogen-bond acceptors (Lipinski definition) is 4. The van der Waals surface area contributed by atoms with Gasteiger partial charge in [-0.3, -0.25) is 19.3 Å². The van der Waals surface area contributed by atoms with Crippen molar-refractivity contribution in [3.63, 3.8) is 0 Å². The van der Waals surface area contributed by atoms with E-state index in [2.05, 4.69) is 5.32 Å². The number of fused-ring (bicyclic) bond motifs is 1. The van der Waals surface area contributed by atoms with E-state index in [-0.39, 0.29) is 36.7 Å². The summed E-state index contributed by atoms with van der Waals surface area (Å²) in [6, 6.07) is 13.9. The molecule has 0 aliphatic carbocycles. The highest BCUT2D eigenvalue weighted by atomic mass is 16.5. The summed E-state index contributed by atoms with van der Waals surface area (Å²) >= 11 is 0. The molecule has 1 heterocycles. The van der Waals surface area contributed by atoms with Gasteiger partial charge in [0.05, 0.1) is 24.3 Å². The van der Waals surface area contributed by atoms with Crippen molar-refractivity contribution in [2.24, 2.45) is 0 Å². The molecule has 1 aliphatic rings. The molecule has 6 nitrogen and oxygen atoms in total. The predicted octanol–water partition coefficient (Wildman–Crippen LogP) is 2.56. The van der Waals surface area contributed by atoms with Crippen LogP contribution in [-0.4, -0.2) is 36.3 Å². The lowest BCUT2D eigenvalue weighted by atomic mass is 10.1. The van der Waals surface area contributed by atoms with E-state index in [1.807, 2.05) is 31.2 Å². The fourth-order valence-electron chi connectivity index (χ4n) is 2.95. The number of nitrogens with one attached hydrogen (secondary N) is 1. The lowest BCUT2D eigenvalue weighted by Crippen LogP contribution is -2.35. The number of hydrogen-bond donors (Lipinski definition) is 1. The molecule has 0 radical (unpaired) electrons. The van der Waals surface area contributed by atoms with Crippen molar-refractivity contribution < 1.29 is 19.1 Å². The number of benzene rings is 2. The Hall–Kier alpha value is -3.15. The molecule has 1 aliphatic heterocycles. The fourth-order valence-corrected chi connectivity index (χ4v) is 2.95. The third kappa shape index (κ3) is 3.44. The van der Waals surface area contributed by atoms with Gasteiger partial charge in [-0.25, -0.2) is 0 Å². The first kappa shape index (κ1) is 17.7. The van der Waals surface area contributed by atoms with Crippen molar-refractivity contribution in [3.05, 3.63) is 65.2 Å². The number of imide groups is 1. The molecule has 1 N–H and O–H groups in total. The Labute approximate surface area is 151 Å². The molecule has 3 amide bonds. The summed E-state index contributed by atoms with van der Waals surface area (Å²) in [5.41, 5.74) is 1.73. The minimum absolute atomic E-state index is 0.0615. The Balaban J connectivity index is 1.56. The predicted molar refractivity (Wildman–Crippen MR) is 96.0 cm³/mol. The van der Waals surface area contributed by atoms with E-state index in [9.17, 15) is 14.4 Å². The van der Waals surface area contributed by atoms with Gasteiger partial charge < -0.3 is 10.1 Å². The van der Waals surface area contributed by atoms with Crippen molar-refractivity contribution >= 4 is 17.7 Å². The van der Waals surface area contributed by atoms with E-state index in [0.29, 0.717) is 11.1 Å². The van der Waals surface area contributed by atoms with E-state index in [0.717, 1.165) is 16.2 Å². The third-order valence-electron chi connectivity index (χ3n) is 4.43. The summed E-state index contributed by atoms with van der Waals surface area (Å²) in [5.74, 6) is -0.161. The smallest absolute Gasteiger partial charge is 0.261 e. The molecule has 0 bridgehead atoms. The Morgan fingerprint density at radius 1 is 1.04 bits per heavy atom. The third-order valence-corrected chi connectivity index (χ3v) is 4.43.